The molecule has 0 atom stereocenters. The summed E-state index contributed by atoms with van der Waals surface area (Å²) < 4.78 is 2.57. The van der Waals surface area contributed by atoms with E-state index in [1.54, 1.807) is 0 Å². The van der Waals surface area contributed by atoms with E-state index in [1.165, 1.54) is 42.4 Å². The van der Waals surface area contributed by atoms with E-state index in [0.717, 1.165) is 34.1 Å². The average Bonchev–Trinajstić information content (AvgIpc) is 3.61. The lowest BCUT2D eigenvalue weighted by Crippen LogP contribution is -2.15. The number of hydrogen-bond acceptors (Lipinski definition) is 3. The third-order valence-electron chi connectivity index (χ3n) is 9.82. The fraction of sp³-hybridized carbons (Fsp3) is 0.0667. The maximum atomic E-state index is 2.40. The van der Waals surface area contributed by atoms with Crippen molar-refractivity contribution in [3.8, 4) is 11.1 Å². The van der Waals surface area contributed by atoms with Crippen molar-refractivity contribution in [2.45, 2.75) is 19.3 Å². The predicted octanol–water partition coefficient (Wildman–Crippen LogP) is 13.3. The lowest BCUT2D eigenvalue weighted by molar-refractivity contribution is 0.660. The van der Waals surface area contributed by atoms with Crippen LogP contribution in [0.15, 0.2) is 170 Å². The van der Waals surface area contributed by atoms with Crippen LogP contribution in [0.1, 0.15) is 25.0 Å². The molecule has 48 heavy (non-hydrogen) atoms. The van der Waals surface area contributed by atoms with Gasteiger partial charge >= 0.3 is 0 Å². The first kappa shape index (κ1) is 28.6. The molecule has 1 aliphatic carbocycles. The Balaban J connectivity index is 1.21. The Hall–Kier alpha value is -5.64. The van der Waals surface area contributed by atoms with Crippen molar-refractivity contribution in [2.24, 2.45) is 0 Å². The minimum absolute atomic E-state index is 0.0262. The molecule has 230 valence electrons. The van der Waals surface area contributed by atoms with Crippen molar-refractivity contribution >= 4 is 65.6 Å². The van der Waals surface area contributed by atoms with Gasteiger partial charge in [-0.3, -0.25) is 0 Å². The van der Waals surface area contributed by atoms with Crippen molar-refractivity contribution in [1.82, 2.24) is 0 Å². The molecule has 9 rings (SSSR count). The smallest absolute Gasteiger partial charge is 0.0468 e. The predicted molar refractivity (Wildman–Crippen MR) is 206 cm³/mol. The van der Waals surface area contributed by atoms with E-state index >= 15 is 0 Å². The van der Waals surface area contributed by atoms with Crippen molar-refractivity contribution < 1.29 is 0 Å². The maximum absolute atomic E-state index is 2.40. The van der Waals surface area contributed by atoms with Gasteiger partial charge in [0, 0.05) is 59.7 Å². The first-order chi connectivity index (χ1) is 23.6. The molecule has 8 aromatic rings. The number of para-hydroxylation sites is 3. The van der Waals surface area contributed by atoms with Crippen molar-refractivity contribution in [3.05, 3.63) is 181 Å². The normalized spacial score (nSPS) is 13.0. The van der Waals surface area contributed by atoms with Crippen LogP contribution in [0.4, 0.5) is 34.1 Å². The zero-order valence-corrected chi connectivity index (χ0v) is 27.8. The zero-order chi connectivity index (χ0) is 32.2. The van der Waals surface area contributed by atoms with E-state index in [0.29, 0.717) is 0 Å². The summed E-state index contributed by atoms with van der Waals surface area (Å²) in [5.41, 5.74) is 12.3. The van der Waals surface area contributed by atoms with Gasteiger partial charge in [0.2, 0.25) is 0 Å². The van der Waals surface area contributed by atoms with Crippen molar-refractivity contribution in [1.29, 1.82) is 0 Å². The lowest BCUT2D eigenvalue weighted by atomic mass is 9.82. The largest absolute Gasteiger partial charge is 0.310 e. The van der Waals surface area contributed by atoms with E-state index in [-0.39, 0.29) is 5.41 Å². The van der Waals surface area contributed by atoms with E-state index < -0.39 is 0 Å². The van der Waals surface area contributed by atoms with Crippen LogP contribution in [-0.4, -0.2) is 0 Å². The van der Waals surface area contributed by atoms with Gasteiger partial charge in [-0.2, -0.15) is 0 Å². The van der Waals surface area contributed by atoms with Gasteiger partial charge in [-0.15, -0.1) is 11.3 Å². The molecule has 0 saturated carbocycles. The van der Waals surface area contributed by atoms with Crippen LogP contribution in [0.25, 0.3) is 31.3 Å². The highest BCUT2D eigenvalue weighted by Gasteiger charge is 2.35. The molecule has 0 bridgehead atoms. The first-order valence-electron chi connectivity index (χ1n) is 16.5. The molecule has 0 fully saturated rings. The van der Waals surface area contributed by atoms with Gasteiger partial charge in [-0.25, -0.2) is 0 Å². The fourth-order valence-corrected chi connectivity index (χ4v) is 8.57. The molecular formula is C45H34N2S. The summed E-state index contributed by atoms with van der Waals surface area (Å²) in [5, 5.41) is 2.54. The van der Waals surface area contributed by atoms with Crippen LogP contribution in [0.3, 0.4) is 0 Å². The van der Waals surface area contributed by atoms with Gasteiger partial charge in [0.15, 0.2) is 0 Å². The third-order valence-corrected chi connectivity index (χ3v) is 11.0. The van der Waals surface area contributed by atoms with E-state index in [9.17, 15) is 0 Å². The van der Waals surface area contributed by atoms with E-state index in [2.05, 4.69) is 194 Å². The molecule has 3 heteroatoms. The van der Waals surface area contributed by atoms with Gasteiger partial charge < -0.3 is 9.80 Å². The molecule has 0 unspecified atom stereocenters. The zero-order valence-electron chi connectivity index (χ0n) is 27.0. The van der Waals surface area contributed by atoms with Crippen LogP contribution in [0.2, 0.25) is 0 Å². The Morgan fingerprint density at radius 3 is 1.33 bits per heavy atom. The Kier molecular flexibility index (Phi) is 6.70. The van der Waals surface area contributed by atoms with E-state index in [1.807, 2.05) is 11.3 Å². The monoisotopic (exact) mass is 634 g/mol. The third kappa shape index (κ3) is 4.62. The van der Waals surface area contributed by atoms with Crippen LogP contribution in [-0.2, 0) is 5.41 Å². The Morgan fingerprint density at radius 1 is 0.375 bits per heavy atom. The summed E-state index contributed by atoms with van der Waals surface area (Å²) in [7, 11) is 0. The number of nitrogens with zero attached hydrogens (tertiary/aromatic N) is 2. The molecule has 0 N–H and O–H groups in total. The number of anilines is 6. The first-order valence-corrected chi connectivity index (χ1v) is 17.3. The second kappa shape index (κ2) is 11.3. The Labute approximate surface area is 285 Å². The standard InChI is InChI=1S/C45H34N2S/c1-45(2)41-21-13-12-20-37(41)38-28-34(22-25-42(38)45)47(33-18-10-5-11-19-33)36-24-27-44-40(30-36)39-29-35(23-26-43(39)48-44)46(31-14-6-3-7-15-31)32-16-8-4-9-17-32/h3-30H,1-2H3. The van der Waals surface area contributed by atoms with Crippen LogP contribution in [0, 0.1) is 0 Å². The highest BCUT2D eigenvalue weighted by Crippen LogP contribution is 2.51. The van der Waals surface area contributed by atoms with Gasteiger partial charge in [0.25, 0.3) is 0 Å². The Bertz CT molecular complexity index is 2390. The summed E-state index contributed by atoms with van der Waals surface area (Å²) >= 11 is 1.86. The molecule has 0 radical (unpaired) electrons. The quantitative estimate of drug-likeness (QED) is 0.180. The number of rotatable bonds is 6. The summed E-state index contributed by atoms with van der Waals surface area (Å²) in [6.07, 6.45) is 0. The van der Waals surface area contributed by atoms with Gasteiger partial charge in [0.05, 0.1) is 0 Å². The summed E-state index contributed by atoms with van der Waals surface area (Å²) in [5.74, 6) is 0. The number of fused-ring (bicyclic) bond motifs is 6. The fourth-order valence-electron chi connectivity index (χ4n) is 7.50. The number of thiophene rings is 1. The van der Waals surface area contributed by atoms with Crippen molar-refractivity contribution in [2.75, 3.05) is 9.80 Å². The van der Waals surface area contributed by atoms with Crippen molar-refractivity contribution in [3.63, 3.8) is 0 Å². The summed E-state index contributed by atoms with van der Waals surface area (Å²) in [6.45, 7) is 4.68. The van der Waals surface area contributed by atoms with Crippen LogP contribution in [0.5, 0.6) is 0 Å². The molecule has 0 amide bonds. The number of benzene rings is 7. The van der Waals surface area contributed by atoms with E-state index in [4.69, 9.17) is 0 Å². The SMILES string of the molecule is CC1(C)c2ccccc2-c2cc(N(c3ccccc3)c3ccc4sc5ccc(N(c6ccccc6)c6ccccc6)cc5c4c3)ccc21. The van der Waals surface area contributed by atoms with Gasteiger partial charge in [-0.05, 0) is 107 Å². The molecule has 0 aliphatic heterocycles. The molecule has 1 heterocycles. The summed E-state index contributed by atoms with van der Waals surface area (Å²) in [4.78, 5) is 4.74. The molecular weight excluding hydrogens is 601 g/mol. The highest BCUT2D eigenvalue weighted by molar-refractivity contribution is 7.25. The minimum Gasteiger partial charge on any atom is -0.310 e. The van der Waals surface area contributed by atoms with Crippen LogP contribution < -0.4 is 9.80 Å². The van der Waals surface area contributed by atoms with Gasteiger partial charge in [0.1, 0.15) is 0 Å². The molecule has 7 aromatic carbocycles. The molecule has 1 aliphatic rings. The number of hydrogen-bond donors (Lipinski definition) is 0. The molecule has 0 saturated heterocycles. The average molecular weight is 635 g/mol. The molecule has 1 aromatic heterocycles. The maximum Gasteiger partial charge on any atom is 0.0468 e. The molecule has 0 spiro atoms. The topological polar surface area (TPSA) is 6.48 Å². The second-order valence-electron chi connectivity index (χ2n) is 13.0. The summed E-state index contributed by atoms with van der Waals surface area (Å²) in [6, 6.07) is 61.8. The minimum atomic E-state index is -0.0262. The second-order valence-corrected chi connectivity index (χ2v) is 14.1. The Morgan fingerprint density at radius 2 is 0.792 bits per heavy atom. The van der Waals surface area contributed by atoms with Gasteiger partial charge in [-0.1, -0.05) is 98.8 Å². The van der Waals surface area contributed by atoms with Crippen LogP contribution >= 0.6 is 11.3 Å². The molecule has 2 nitrogen and oxygen atoms in total. The highest BCUT2D eigenvalue weighted by atomic mass is 32.1. The lowest BCUT2D eigenvalue weighted by Gasteiger charge is -2.27.